The number of fused-ring (bicyclic) bond motifs is 2. The van der Waals surface area contributed by atoms with Gasteiger partial charge in [0.15, 0.2) is 17.3 Å². The summed E-state index contributed by atoms with van der Waals surface area (Å²) in [5.41, 5.74) is 9.03. The van der Waals surface area contributed by atoms with Gasteiger partial charge >= 0.3 is 0 Å². The molecule has 1 aliphatic heterocycles. The molecule has 0 saturated carbocycles. The van der Waals surface area contributed by atoms with Crippen LogP contribution < -0.4 is 10.6 Å². The average Bonchev–Trinajstić information content (AvgIpc) is 3.43. The minimum Gasteiger partial charge on any atom is -0.508 e. The largest absolute Gasteiger partial charge is 0.508 e. The van der Waals surface area contributed by atoms with Crippen molar-refractivity contribution in [3.05, 3.63) is 54.0 Å². The lowest BCUT2D eigenvalue weighted by Crippen LogP contribution is -2.58. The van der Waals surface area contributed by atoms with Gasteiger partial charge in [0.2, 0.25) is 10.0 Å². The van der Waals surface area contributed by atoms with Gasteiger partial charge in [-0.15, -0.1) is 0 Å². The molecule has 13 nitrogen and oxygen atoms in total. The minimum atomic E-state index is -3.37. The van der Waals surface area contributed by atoms with Crippen molar-refractivity contribution in [1.29, 1.82) is 0 Å². The molecule has 1 saturated heterocycles. The van der Waals surface area contributed by atoms with Crippen molar-refractivity contribution in [1.82, 2.24) is 38.7 Å². The van der Waals surface area contributed by atoms with Gasteiger partial charge in [-0.05, 0) is 44.5 Å². The minimum absolute atomic E-state index is 0.100. The molecule has 6 rings (SSSR count). The smallest absolute Gasteiger partial charge is 0.211 e. The van der Waals surface area contributed by atoms with Crippen LogP contribution in [0.5, 0.6) is 5.75 Å². The molecule has 0 radical (unpaired) electrons. The van der Waals surface area contributed by atoms with Crippen molar-refractivity contribution in [3.63, 3.8) is 0 Å². The number of phenolic OH excluding ortho intramolecular Hbond substituents is 1. The predicted molar refractivity (Wildman–Crippen MR) is 151 cm³/mol. The van der Waals surface area contributed by atoms with Crippen LogP contribution in [0.1, 0.15) is 25.2 Å². The number of piperazine rings is 1. The lowest BCUT2D eigenvalue weighted by atomic mass is 10.1. The van der Waals surface area contributed by atoms with Gasteiger partial charge in [-0.2, -0.15) is 14.5 Å². The molecule has 0 amide bonds. The fraction of sp³-hybridized carbons (Fsp3) is 0.346. The molecule has 41 heavy (non-hydrogen) atoms. The van der Waals surface area contributed by atoms with Gasteiger partial charge in [0, 0.05) is 43.0 Å². The van der Waals surface area contributed by atoms with Crippen molar-refractivity contribution in [2.24, 2.45) is 0 Å². The number of hydrogen-bond acceptors (Lipinski definition) is 10. The van der Waals surface area contributed by atoms with E-state index in [1.54, 1.807) is 13.5 Å². The van der Waals surface area contributed by atoms with Gasteiger partial charge in [-0.3, -0.25) is 0 Å². The van der Waals surface area contributed by atoms with E-state index in [4.69, 9.17) is 15.8 Å². The Kier molecular flexibility index (Phi) is 6.30. The van der Waals surface area contributed by atoms with E-state index in [0.717, 1.165) is 17.1 Å². The number of phenols is 1. The number of hydrogen-bond donors (Lipinski definition) is 2. The summed E-state index contributed by atoms with van der Waals surface area (Å²) in [7, 11) is -3.37. The summed E-state index contributed by atoms with van der Waals surface area (Å²) in [4.78, 5) is 15.5. The molecular formula is C26H29FN10O3S. The quantitative estimate of drug-likeness (QED) is 0.315. The Hall–Kier alpha value is -4.37. The first-order valence-corrected chi connectivity index (χ1v) is 14.8. The Morgan fingerprint density at radius 3 is 2.54 bits per heavy atom. The molecule has 5 heterocycles. The number of nitrogen functional groups attached to an aromatic ring is 1. The first-order valence-electron chi connectivity index (χ1n) is 13.0. The lowest BCUT2D eigenvalue weighted by molar-refractivity contribution is 0.242. The van der Waals surface area contributed by atoms with E-state index in [-0.39, 0.29) is 30.2 Å². The molecule has 4 aromatic heterocycles. The first-order chi connectivity index (χ1) is 19.4. The highest BCUT2D eigenvalue weighted by atomic mass is 32.2. The van der Waals surface area contributed by atoms with Crippen molar-refractivity contribution >= 4 is 38.2 Å². The normalized spacial score (nSPS) is 18.5. The van der Waals surface area contributed by atoms with Crippen molar-refractivity contribution in [2.75, 3.05) is 30.0 Å². The number of rotatable bonds is 5. The molecule has 0 aliphatic carbocycles. The number of aromatic hydroxyl groups is 1. The van der Waals surface area contributed by atoms with Crippen molar-refractivity contribution < 1.29 is 17.9 Å². The first kappa shape index (κ1) is 26.8. The van der Waals surface area contributed by atoms with Crippen LogP contribution in [-0.2, 0) is 16.6 Å². The van der Waals surface area contributed by atoms with Crippen molar-refractivity contribution in [2.45, 2.75) is 39.4 Å². The third-order valence-electron chi connectivity index (χ3n) is 7.26. The van der Waals surface area contributed by atoms with Gasteiger partial charge < -0.3 is 15.7 Å². The van der Waals surface area contributed by atoms with E-state index in [9.17, 15) is 17.9 Å². The average molecular weight is 581 g/mol. The fourth-order valence-corrected chi connectivity index (χ4v) is 7.25. The highest BCUT2D eigenvalue weighted by Crippen LogP contribution is 2.33. The van der Waals surface area contributed by atoms with Crippen LogP contribution >= 0.6 is 0 Å². The zero-order valence-electron chi connectivity index (χ0n) is 22.9. The molecular weight excluding hydrogens is 551 g/mol. The second-order valence-corrected chi connectivity index (χ2v) is 12.4. The maximum Gasteiger partial charge on any atom is 0.211 e. The third-order valence-corrected chi connectivity index (χ3v) is 8.75. The second-order valence-electron chi connectivity index (χ2n) is 10.5. The number of sulfonamides is 1. The van der Waals surface area contributed by atoms with Gasteiger partial charge in [-0.25, -0.2) is 37.0 Å². The Bertz CT molecular complexity index is 1890. The van der Waals surface area contributed by atoms with E-state index in [1.807, 2.05) is 33.0 Å². The molecule has 214 valence electrons. The Balaban J connectivity index is 1.45. The van der Waals surface area contributed by atoms with Crippen LogP contribution in [0, 0.1) is 12.7 Å². The fourth-order valence-electron chi connectivity index (χ4n) is 5.81. The van der Waals surface area contributed by atoms with Crippen LogP contribution in [0.15, 0.2) is 36.8 Å². The van der Waals surface area contributed by atoms with Crippen LogP contribution in [0.3, 0.4) is 0 Å². The molecule has 15 heteroatoms. The standard InChI is InChI=1S/C26H29FN10O3S/c1-14-5-6-35-23(14)26(34-10-15(2)37(16(3)11-34)41(4,39)40)31-20(32-35)12-36-25-21(24(28)29-13-30-25)22(33-36)17-7-18(27)9-19(38)8-17/h5-9,13,15-16,38H,10-12H2,1-4H3,(H2,28,29,30)/t15-,16+. The summed E-state index contributed by atoms with van der Waals surface area (Å²) >= 11 is 0. The van der Waals surface area contributed by atoms with E-state index in [1.165, 1.54) is 24.7 Å². The SMILES string of the molecule is Cc1ccn2nc(Cn3nc(-c4cc(O)cc(F)c4)c4c(N)ncnc43)nc(N3C[C@@H](C)N(S(C)(=O)=O)[C@@H](C)C3)c12. The zero-order valence-corrected chi connectivity index (χ0v) is 23.7. The summed E-state index contributed by atoms with van der Waals surface area (Å²) in [6.07, 6.45) is 4.40. The van der Waals surface area contributed by atoms with Crippen LogP contribution in [0.25, 0.3) is 27.8 Å². The predicted octanol–water partition coefficient (Wildman–Crippen LogP) is 2.18. The van der Waals surface area contributed by atoms with Gasteiger partial charge in [-0.1, -0.05) is 0 Å². The molecule has 0 unspecified atom stereocenters. The topological polar surface area (TPSA) is 161 Å². The Morgan fingerprint density at radius 2 is 1.85 bits per heavy atom. The monoisotopic (exact) mass is 580 g/mol. The Labute approximate surface area is 235 Å². The third kappa shape index (κ3) is 4.70. The lowest BCUT2D eigenvalue weighted by Gasteiger charge is -2.43. The number of aromatic nitrogens is 7. The van der Waals surface area contributed by atoms with Gasteiger partial charge in [0.05, 0.1) is 11.6 Å². The summed E-state index contributed by atoms with van der Waals surface area (Å²) in [5.74, 6) is 0.386. The molecule has 1 aromatic carbocycles. The van der Waals surface area contributed by atoms with Crippen molar-refractivity contribution in [3.8, 4) is 17.0 Å². The van der Waals surface area contributed by atoms with Gasteiger partial charge in [0.1, 0.15) is 41.5 Å². The summed E-state index contributed by atoms with van der Waals surface area (Å²) in [5, 5.41) is 19.8. The van der Waals surface area contributed by atoms with Gasteiger partial charge in [0.25, 0.3) is 0 Å². The van der Waals surface area contributed by atoms with E-state index in [0.29, 0.717) is 47.0 Å². The van der Waals surface area contributed by atoms with E-state index < -0.39 is 15.8 Å². The number of aryl methyl sites for hydroxylation is 1. The maximum absolute atomic E-state index is 14.2. The second kappa shape index (κ2) is 9.62. The molecule has 0 bridgehead atoms. The number of nitrogens with two attached hydrogens (primary N) is 1. The molecule has 1 aliphatic rings. The highest BCUT2D eigenvalue weighted by molar-refractivity contribution is 7.88. The summed E-state index contributed by atoms with van der Waals surface area (Å²) < 4.78 is 43.9. The van der Waals surface area contributed by atoms with E-state index in [2.05, 4.69) is 20.0 Å². The Morgan fingerprint density at radius 1 is 1.12 bits per heavy atom. The molecule has 2 atom stereocenters. The van der Waals surface area contributed by atoms with Crippen LogP contribution in [-0.4, -0.2) is 83.6 Å². The number of benzene rings is 1. The molecule has 3 N–H and O–H groups in total. The van der Waals surface area contributed by atoms with Crippen LogP contribution in [0.2, 0.25) is 0 Å². The highest BCUT2D eigenvalue weighted by Gasteiger charge is 2.36. The summed E-state index contributed by atoms with van der Waals surface area (Å²) in [6, 6.07) is 5.07. The number of anilines is 2. The number of halogens is 1. The van der Waals surface area contributed by atoms with E-state index >= 15 is 0 Å². The zero-order chi connectivity index (χ0) is 29.2. The number of nitrogens with zero attached hydrogens (tertiary/aromatic N) is 9. The molecule has 0 spiro atoms. The summed E-state index contributed by atoms with van der Waals surface area (Å²) in [6.45, 7) is 6.76. The molecule has 5 aromatic rings. The van der Waals surface area contributed by atoms with Crippen LogP contribution in [0.4, 0.5) is 16.0 Å². The molecule has 1 fully saturated rings. The maximum atomic E-state index is 14.2.